The van der Waals surface area contributed by atoms with Crippen molar-refractivity contribution in [2.75, 3.05) is 0 Å². The number of aliphatic carboxylic acids is 2. The second-order valence-electron chi connectivity index (χ2n) is 3.54. The number of carboxylic acids is 2. The Morgan fingerprint density at radius 3 is 2.00 bits per heavy atom. The van der Waals surface area contributed by atoms with E-state index in [2.05, 4.69) is 0 Å². The molecule has 0 aliphatic rings. The number of rotatable bonds is 5. The molecule has 1 rings (SSSR count). The molecular weight excluding hydrogens is 246 g/mol. The molecule has 1 atom stereocenters. The Hall–Kier alpha value is -1.59. The molecule has 0 amide bonds. The molecule has 0 heterocycles. The fraction of sp³-hybridized carbons (Fsp3) is 0.273. The van der Waals surface area contributed by atoms with Gasteiger partial charge in [0, 0.05) is 0 Å². The number of nitrogens with two attached hydrogens (primary N) is 1. The van der Waals surface area contributed by atoms with Crippen LogP contribution in [0, 0.1) is 0 Å². The summed E-state index contributed by atoms with van der Waals surface area (Å²) in [6.07, 6.45) is 0.202. The molecule has 0 spiro atoms. The Bertz CT molecular complexity index is 391. The average Bonchev–Trinajstić information content (AvgIpc) is 2.20. The maximum atomic E-state index is 10.5. The predicted octanol–water partition coefficient (Wildman–Crippen LogP) is 0.690. The van der Waals surface area contributed by atoms with Gasteiger partial charge in [0.25, 0.3) is 0 Å². The average molecular weight is 260 g/mol. The van der Waals surface area contributed by atoms with Gasteiger partial charge in [0.15, 0.2) is 0 Å². The molecule has 0 saturated carbocycles. The predicted molar refractivity (Wildman–Crippen MR) is 64.3 cm³/mol. The largest absolute Gasteiger partial charge is 0.481 e. The highest BCUT2D eigenvalue weighted by Crippen LogP contribution is 2.07. The van der Waals surface area contributed by atoms with Crippen LogP contribution in [-0.4, -0.2) is 28.2 Å². The van der Waals surface area contributed by atoms with Gasteiger partial charge in [-0.2, -0.15) is 0 Å². The highest BCUT2D eigenvalue weighted by Gasteiger charge is 2.11. The molecule has 0 fully saturated rings. The summed E-state index contributed by atoms with van der Waals surface area (Å²) in [6.45, 7) is 0. The molecular formula is C11H14ClNO4. The number of halogens is 1. The number of carboxylic acid groups (broad SMARTS) is 2. The summed E-state index contributed by atoms with van der Waals surface area (Å²) >= 11 is 0. The quantitative estimate of drug-likeness (QED) is 0.722. The van der Waals surface area contributed by atoms with Crippen molar-refractivity contribution in [1.29, 1.82) is 0 Å². The molecule has 0 aromatic heterocycles. The highest BCUT2D eigenvalue weighted by molar-refractivity contribution is 5.85. The minimum atomic E-state index is -1.05. The lowest BCUT2D eigenvalue weighted by Gasteiger charge is -2.06. The Kier molecular flexibility index (Phi) is 6.23. The summed E-state index contributed by atoms with van der Waals surface area (Å²) in [5.41, 5.74) is 6.84. The van der Waals surface area contributed by atoms with Crippen molar-refractivity contribution in [1.82, 2.24) is 0 Å². The van der Waals surface area contributed by atoms with Gasteiger partial charge < -0.3 is 15.9 Å². The first-order valence-corrected chi connectivity index (χ1v) is 4.77. The Morgan fingerprint density at radius 2 is 1.59 bits per heavy atom. The van der Waals surface area contributed by atoms with Gasteiger partial charge in [-0.25, -0.2) is 0 Å². The van der Waals surface area contributed by atoms with Crippen molar-refractivity contribution in [3.05, 3.63) is 35.4 Å². The lowest BCUT2D eigenvalue weighted by atomic mass is 10.0. The van der Waals surface area contributed by atoms with E-state index in [0.717, 1.165) is 5.56 Å². The van der Waals surface area contributed by atoms with Gasteiger partial charge in [-0.05, 0) is 17.5 Å². The molecule has 1 aromatic carbocycles. The summed E-state index contributed by atoms with van der Waals surface area (Å²) < 4.78 is 0. The lowest BCUT2D eigenvalue weighted by molar-refractivity contribution is -0.138. The number of hydrogen-bond acceptors (Lipinski definition) is 3. The van der Waals surface area contributed by atoms with E-state index in [4.69, 9.17) is 15.9 Å². The lowest BCUT2D eigenvalue weighted by Crippen LogP contribution is -2.32. The van der Waals surface area contributed by atoms with Crippen LogP contribution in [0.25, 0.3) is 0 Å². The number of benzene rings is 1. The van der Waals surface area contributed by atoms with Crippen LogP contribution in [-0.2, 0) is 22.4 Å². The molecule has 0 saturated heterocycles. The Morgan fingerprint density at radius 1 is 1.12 bits per heavy atom. The van der Waals surface area contributed by atoms with Crippen molar-refractivity contribution in [3.63, 3.8) is 0 Å². The normalized spacial score (nSPS) is 11.4. The maximum Gasteiger partial charge on any atom is 0.320 e. The minimum absolute atomic E-state index is 0. The molecule has 4 N–H and O–H groups in total. The Balaban J connectivity index is 0.00000256. The third-order valence-electron chi connectivity index (χ3n) is 2.15. The third-order valence-corrected chi connectivity index (χ3v) is 2.15. The van der Waals surface area contributed by atoms with Crippen LogP contribution in [0.15, 0.2) is 24.3 Å². The van der Waals surface area contributed by atoms with Gasteiger partial charge in [-0.1, -0.05) is 24.3 Å². The van der Waals surface area contributed by atoms with Crippen LogP contribution in [0.5, 0.6) is 0 Å². The van der Waals surface area contributed by atoms with Gasteiger partial charge in [0.2, 0.25) is 0 Å². The molecule has 1 aromatic rings. The van der Waals surface area contributed by atoms with Gasteiger partial charge in [0.05, 0.1) is 6.42 Å². The summed E-state index contributed by atoms with van der Waals surface area (Å²) in [5, 5.41) is 17.2. The first-order chi connectivity index (χ1) is 7.49. The monoisotopic (exact) mass is 259 g/mol. The molecule has 1 unspecified atom stereocenters. The van der Waals surface area contributed by atoms with Crippen molar-refractivity contribution in [3.8, 4) is 0 Å². The summed E-state index contributed by atoms with van der Waals surface area (Å²) in [6, 6.07) is 5.79. The maximum absolute atomic E-state index is 10.5. The van der Waals surface area contributed by atoms with Crippen LogP contribution in [0.4, 0.5) is 0 Å². The van der Waals surface area contributed by atoms with E-state index < -0.39 is 18.0 Å². The van der Waals surface area contributed by atoms with Crippen LogP contribution in [0.1, 0.15) is 11.1 Å². The van der Waals surface area contributed by atoms with E-state index in [9.17, 15) is 9.59 Å². The smallest absolute Gasteiger partial charge is 0.320 e. The van der Waals surface area contributed by atoms with E-state index in [1.807, 2.05) is 0 Å². The van der Waals surface area contributed by atoms with Crippen molar-refractivity contribution in [2.45, 2.75) is 18.9 Å². The Labute approximate surface area is 105 Å². The summed E-state index contributed by atoms with van der Waals surface area (Å²) in [5.74, 6) is -1.94. The van der Waals surface area contributed by atoms with Crippen LogP contribution in [0.3, 0.4) is 0 Å². The first kappa shape index (κ1) is 15.4. The summed E-state index contributed by atoms with van der Waals surface area (Å²) in [4.78, 5) is 20.9. The molecule has 5 nitrogen and oxygen atoms in total. The molecule has 17 heavy (non-hydrogen) atoms. The number of carbonyl (C=O) groups is 2. The molecule has 0 aliphatic carbocycles. The van der Waals surface area contributed by atoms with Crippen LogP contribution in [0.2, 0.25) is 0 Å². The molecule has 94 valence electrons. The van der Waals surface area contributed by atoms with Gasteiger partial charge in [0.1, 0.15) is 6.04 Å². The molecule has 0 bridgehead atoms. The standard InChI is InChI=1S/C11H13NO4.ClH/c12-9(11(15)16)5-7-1-3-8(4-2-7)6-10(13)14;/h1-4,9H,5-6,12H2,(H,13,14)(H,15,16);1H. The fourth-order valence-corrected chi connectivity index (χ4v) is 1.31. The second-order valence-corrected chi connectivity index (χ2v) is 3.54. The summed E-state index contributed by atoms with van der Waals surface area (Å²) in [7, 11) is 0. The van der Waals surface area contributed by atoms with Gasteiger partial charge >= 0.3 is 11.9 Å². The fourth-order valence-electron chi connectivity index (χ4n) is 1.31. The molecule has 0 aliphatic heterocycles. The second kappa shape index (κ2) is 6.88. The van der Waals surface area contributed by atoms with Gasteiger partial charge in [-0.3, -0.25) is 9.59 Å². The van der Waals surface area contributed by atoms with E-state index in [0.29, 0.717) is 5.56 Å². The first-order valence-electron chi connectivity index (χ1n) is 4.77. The van der Waals surface area contributed by atoms with Crippen molar-refractivity contribution >= 4 is 24.3 Å². The topological polar surface area (TPSA) is 101 Å². The molecule has 6 heteroatoms. The van der Waals surface area contributed by atoms with E-state index in [1.165, 1.54) is 0 Å². The van der Waals surface area contributed by atoms with Crippen LogP contribution < -0.4 is 5.73 Å². The minimum Gasteiger partial charge on any atom is -0.481 e. The van der Waals surface area contributed by atoms with Gasteiger partial charge in [-0.15, -0.1) is 12.4 Å². The number of hydrogen-bond donors (Lipinski definition) is 3. The van der Waals surface area contributed by atoms with Crippen LogP contribution >= 0.6 is 12.4 Å². The van der Waals surface area contributed by atoms with E-state index in [-0.39, 0.29) is 25.2 Å². The van der Waals surface area contributed by atoms with E-state index in [1.54, 1.807) is 24.3 Å². The highest BCUT2D eigenvalue weighted by atomic mass is 35.5. The zero-order valence-corrected chi connectivity index (χ0v) is 9.81. The van der Waals surface area contributed by atoms with Crippen molar-refractivity contribution in [2.24, 2.45) is 5.73 Å². The SMILES string of the molecule is Cl.NC(Cc1ccc(CC(=O)O)cc1)C(=O)O. The zero-order valence-electron chi connectivity index (χ0n) is 9.00. The van der Waals surface area contributed by atoms with Crippen molar-refractivity contribution < 1.29 is 19.8 Å². The van der Waals surface area contributed by atoms with E-state index >= 15 is 0 Å². The zero-order chi connectivity index (χ0) is 12.1. The third kappa shape index (κ3) is 5.33. The molecule has 0 radical (unpaired) electrons.